The number of thiazole rings is 1. The van der Waals surface area contributed by atoms with Gasteiger partial charge in [-0.3, -0.25) is 24.0 Å². The van der Waals surface area contributed by atoms with Crippen molar-refractivity contribution in [2.24, 2.45) is 7.05 Å². The van der Waals surface area contributed by atoms with E-state index in [9.17, 15) is 28.1 Å². The maximum atomic E-state index is 12.8. The number of rotatable bonds is 6. The van der Waals surface area contributed by atoms with Crippen molar-refractivity contribution in [1.29, 1.82) is 0 Å². The molecule has 0 saturated heterocycles. The number of nitro groups is 1. The molecule has 3 aromatic rings. The molecule has 0 fully saturated rings. The first-order valence-electron chi connectivity index (χ1n) is 8.63. The van der Waals surface area contributed by atoms with E-state index in [0.29, 0.717) is 15.9 Å². The highest BCUT2D eigenvalue weighted by Crippen LogP contribution is 2.26. The number of carbonyl (C=O) groups excluding carboxylic acids is 1. The third kappa shape index (κ3) is 4.19. The van der Waals surface area contributed by atoms with E-state index in [1.54, 1.807) is 25.2 Å². The number of non-ortho nitro benzene ring substituents is 1. The number of fused-ring (bicyclic) bond motifs is 1. The molecule has 1 amide bonds. The minimum Gasteiger partial charge on any atom is -0.324 e. The first-order chi connectivity index (χ1) is 14.0. The summed E-state index contributed by atoms with van der Waals surface area (Å²) in [6.45, 7) is 1.38. The number of carbonyl (C=O) groups is 1. The van der Waals surface area contributed by atoms with Crippen LogP contribution in [0.1, 0.15) is 6.92 Å². The topological polar surface area (TPSA) is 132 Å². The number of amides is 1. The molecule has 0 saturated carbocycles. The molecular formula is C18H18N4O6S2. The van der Waals surface area contributed by atoms with E-state index in [2.05, 4.69) is 5.32 Å². The average molecular weight is 450 g/mol. The normalized spacial score (nSPS) is 12.5. The smallest absolute Gasteiger partial charge is 0.307 e. The lowest BCUT2D eigenvalue weighted by atomic mass is 10.2. The second-order valence-corrected chi connectivity index (χ2v) is 9.46. The van der Waals surface area contributed by atoms with Gasteiger partial charge < -0.3 is 9.88 Å². The number of nitrogens with one attached hydrogen (secondary N) is 1. The Hall–Kier alpha value is -3.25. The van der Waals surface area contributed by atoms with Gasteiger partial charge in [0.25, 0.3) is 5.69 Å². The van der Waals surface area contributed by atoms with Gasteiger partial charge in [0.05, 0.1) is 27.1 Å². The van der Waals surface area contributed by atoms with E-state index < -0.39 is 26.9 Å². The van der Waals surface area contributed by atoms with Gasteiger partial charge in [-0.1, -0.05) is 17.4 Å². The SMILES string of the molecule is C[C@H](C(=O)Nc1ccc2c(c1)sc(=O)n2C)N(c1cccc([N+](=O)[O-])c1)S(C)(=O)=O. The van der Waals surface area contributed by atoms with E-state index in [4.69, 9.17) is 0 Å². The summed E-state index contributed by atoms with van der Waals surface area (Å²) >= 11 is 1.03. The molecule has 1 heterocycles. The van der Waals surface area contributed by atoms with Crippen molar-refractivity contribution in [2.75, 3.05) is 15.9 Å². The van der Waals surface area contributed by atoms with Crippen molar-refractivity contribution in [2.45, 2.75) is 13.0 Å². The van der Waals surface area contributed by atoms with Crippen LogP contribution in [0.25, 0.3) is 10.2 Å². The summed E-state index contributed by atoms with van der Waals surface area (Å²) in [5.74, 6) is -0.630. The monoisotopic (exact) mass is 450 g/mol. The Balaban J connectivity index is 1.92. The number of benzene rings is 2. The van der Waals surface area contributed by atoms with Crippen LogP contribution in [0.15, 0.2) is 47.3 Å². The summed E-state index contributed by atoms with van der Waals surface area (Å²) in [6, 6.07) is 8.79. The first-order valence-corrected chi connectivity index (χ1v) is 11.3. The van der Waals surface area contributed by atoms with Crippen molar-refractivity contribution in [3.8, 4) is 0 Å². The summed E-state index contributed by atoms with van der Waals surface area (Å²) in [4.78, 5) is 34.8. The molecule has 0 aliphatic rings. The second-order valence-electron chi connectivity index (χ2n) is 6.61. The van der Waals surface area contributed by atoms with E-state index in [1.807, 2.05) is 0 Å². The molecule has 0 bridgehead atoms. The summed E-state index contributed by atoms with van der Waals surface area (Å²) in [5, 5.41) is 13.7. The largest absolute Gasteiger partial charge is 0.324 e. The van der Waals surface area contributed by atoms with Crippen LogP contribution in [0.2, 0.25) is 0 Å². The van der Waals surface area contributed by atoms with Crippen LogP contribution in [-0.2, 0) is 21.9 Å². The van der Waals surface area contributed by atoms with Gasteiger partial charge in [0, 0.05) is 24.9 Å². The lowest BCUT2D eigenvalue weighted by molar-refractivity contribution is -0.384. The number of aromatic nitrogens is 1. The highest BCUT2D eigenvalue weighted by Gasteiger charge is 2.30. The number of sulfonamides is 1. The number of aryl methyl sites for hydroxylation is 1. The molecular weight excluding hydrogens is 432 g/mol. The lowest BCUT2D eigenvalue weighted by Crippen LogP contribution is -2.45. The van der Waals surface area contributed by atoms with Gasteiger partial charge in [0.2, 0.25) is 15.9 Å². The van der Waals surface area contributed by atoms with E-state index in [0.717, 1.165) is 28.0 Å². The lowest BCUT2D eigenvalue weighted by Gasteiger charge is -2.28. The standard InChI is InChI=1S/C18H18N4O6S2/c1-11(21(30(3,27)28)13-5-4-6-14(10-13)22(25)26)17(23)19-12-7-8-15-16(9-12)29-18(24)20(15)2/h4-11H,1-3H3,(H,19,23)/t11-/m1/s1. The van der Waals surface area contributed by atoms with E-state index >= 15 is 0 Å². The molecule has 10 nitrogen and oxygen atoms in total. The van der Waals surface area contributed by atoms with Gasteiger partial charge in [-0.05, 0) is 31.2 Å². The van der Waals surface area contributed by atoms with Crippen LogP contribution in [0, 0.1) is 10.1 Å². The minimum absolute atomic E-state index is 0.00563. The Labute approximate surface area is 175 Å². The molecule has 3 rings (SSSR count). The van der Waals surface area contributed by atoms with Gasteiger partial charge in [-0.25, -0.2) is 8.42 Å². The van der Waals surface area contributed by atoms with Crippen LogP contribution in [-0.4, -0.2) is 36.1 Å². The van der Waals surface area contributed by atoms with Crippen molar-refractivity contribution in [1.82, 2.24) is 4.57 Å². The van der Waals surface area contributed by atoms with Crippen molar-refractivity contribution in [3.05, 3.63) is 62.2 Å². The molecule has 0 unspecified atom stereocenters. The van der Waals surface area contributed by atoms with Crippen molar-refractivity contribution < 1.29 is 18.1 Å². The average Bonchev–Trinajstić information content (AvgIpc) is 2.94. The van der Waals surface area contributed by atoms with E-state index in [-0.39, 0.29) is 16.2 Å². The molecule has 1 aromatic heterocycles. The van der Waals surface area contributed by atoms with Gasteiger partial charge >= 0.3 is 4.87 Å². The fourth-order valence-corrected chi connectivity index (χ4v) is 5.10. The Kier molecular flexibility index (Phi) is 5.63. The van der Waals surface area contributed by atoms with Crippen molar-refractivity contribution in [3.63, 3.8) is 0 Å². The predicted molar refractivity (Wildman–Crippen MR) is 116 cm³/mol. The van der Waals surface area contributed by atoms with E-state index in [1.165, 1.54) is 29.7 Å². The molecule has 158 valence electrons. The quantitative estimate of drug-likeness (QED) is 0.453. The number of nitrogens with zero attached hydrogens (tertiary/aromatic N) is 3. The van der Waals surface area contributed by atoms with Gasteiger partial charge in [0.15, 0.2) is 0 Å². The molecule has 0 radical (unpaired) electrons. The molecule has 0 spiro atoms. The maximum absolute atomic E-state index is 12.8. The summed E-state index contributed by atoms with van der Waals surface area (Å²) < 4.78 is 27.7. The third-order valence-electron chi connectivity index (χ3n) is 4.44. The molecule has 0 aliphatic heterocycles. The first kappa shape index (κ1) is 21.5. The fourth-order valence-electron chi connectivity index (χ4n) is 3.01. The molecule has 0 aliphatic carbocycles. The van der Waals surface area contributed by atoms with Gasteiger partial charge in [-0.2, -0.15) is 0 Å². The van der Waals surface area contributed by atoms with Crippen LogP contribution in [0.4, 0.5) is 17.1 Å². The van der Waals surface area contributed by atoms with Crippen LogP contribution < -0.4 is 14.5 Å². The Morgan fingerprint density at radius 3 is 2.60 bits per heavy atom. The number of anilines is 2. The Morgan fingerprint density at radius 1 is 1.27 bits per heavy atom. The number of hydrogen-bond donors (Lipinski definition) is 1. The third-order valence-corrected chi connectivity index (χ3v) is 6.68. The van der Waals surface area contributed by atoms with Crippen molar-refractivity contribution >= 4 is 54.5 Å². The zero-order chi connectivity index (χ0) is 22.2. The molecule has 2 aromatic carbocycles. The zero-order valence-electron chi connectivity index (χ0n) is 16.2. The Morgan fingerprint density at radius 2 is 1.97 bits per heavy atom. The fraction of sp³-hybridized carbons (Fsp3) is 0.222. The highest BCUT2D eigenvalue weighted by atomic mass is 32.2. The number of hydrogen-bond acceptors (Lipinski definition) is 7. The van der Waals surface area contributed by atoms with Gasteiger partial charge in [-0.15, -0.1) is 0 Å². The maximum Gasteiger partial charge on any atom is 0.307 e. The predicted octanol–water partition coefficient (Wildman–Crippen LogP) is 2.30. The Bertz CT molecular complexity index is 1310. The van der Waals surface area contributed by atoms with Crippen LogP contribution in [0.5, 0.6) is 0 Å². The minimum atomic E-state index is -3.93. The summed E-state index contributed by atoms with van der Waals surface area (Å²) in [7, 11) is -2.28. The summed E-state index contributed by atoms with van der Waals surface area (Å²) in [5.41, 5.74) is 0.823. The molecule has 1 N–H and O–H groups in total. The van der Waals surface area contributed by atoms with Crippen LogP contribution >= 0.6 is 11.3 Å². The summed E-state index contributed by atoms with van der Waals surface area (Å²) in [6.07, 6.45) is 0.920. The zero-order valence-corrected chi connectivity index (χ0v) is 17.9. The molecule has 30 heavy (non-hydrogen) atoms. The second kappa shape index (κ2) is 7.88. The highest BCUT2D eigenvalue weighted by molar-refractivity contribution is 7.92. The van der Waals surface area contributed by atoms with Gasteiger partial charge in [0.1, 0.15) is 6.04 Å². The number of nitro benzene ring substituents is 1. The molecule has 1 atom stereocenters. The van der Waals surface area contributed by atoms with Crippen LogP contribution in [0.3, 0.4) is 0 Å². The molecule has 12 heteroatoms.